The Morgan fingerprint density at radius 1 is 0.536 bits per heavy atom. The fourth-order valence-electron chi connectivity index (χ4n) is 3.31. The lowest BCUT2D eigenvalue weighted by atomic mass is 9.90. The molecule has 0 spiro atoms. The molecule has 0 aliphatic carbocycles. The summed E-state index contributed by atoms with van der Waals surface area (Å²) >= 11 is 0. The molecule has 4 heteroatoms. The van der Waals surface area contributed by atoms with Crippen molar-refractivity contribution in [2.75, 3.05) is 0 Å². The van der Waals surface area contributed by atoms with Gasteiger partial charge in [0.25, 0.3) is 0 Å². The first-order valence-electron chi connectivity index (χ1n) is 8.82. The van der Waals surface area contributed by atoms with Crippen molar-refractivity contribution in [3.05, 3.63) is 91.0 Å². The highest BCUT2D eigenvalue weighted by Gasteiger charge is 2.14. The third-order valence-electron chi connectivity index (χ3n) is 4.71. The monoisotopic (exact) mass is 384 g/mol. The molecular formula is C24H17O3P. The molecule has 4 aromatic carbocycles. The maximum atomic E-state index is 11.1. The second kappa shape index (κ2) is 7.67. The third kappa shape index (κ3) is 3.40. The summed E-state index contributed by atoms with van der Waals surface area (Å²) in [5, 5.41) is 21.4. The Bertz CT molecular complexity index is 1150. The van der Waals surface area contributed by atoms with Crippen LogP contribution in [0.5, 0.6) is 11.5 Å². The van der Waals surface area contributed by atoms with E-state index in [1.165, 1.54) is 0 Å². The van der Waals surface area contributed by atoms with Gasteiger partial charge in [0.05, 0.1) is 0 Å². The van der Waals surface area contributed by atoms with Gasteiger partial charge in [0, 0.05) is 16.4 Å². The zero-order valence-corrected chi connectivity index (χ0v) is 15.8. The Kier molecular flexibility index (Phi) is 4.92. The van der Waals surface area contributed by atoms with Crippen LogP contribution in [0.3, 0.4) is 0 Å². The topological polar surface area (TPSA) is 57.5 Å². The van der Waals surface area contributed by atoms with Crippen molar-refractivity contribution >= 4 is 13.8 Å². The minimum Gasteiger partial charge on any atom is -0.507 e. The molecule has 0 heterocycles. The second-order valence-electron chi connectivity index (χ2n) is 6.43. The fraction of sp³-hybridized carbons (Fsp3) is 0. The molecule has 0 aromatic heterocycles. The summed E-state index contributed by atoms with van der Waals surface area (Å²) in [5.74, 6) is 0.394. The Hall–Kier alpha value is -3.42. The normalized spacial score (nSPS) is 10.9. The molecule has 0 aliphatic heterocycles. The quantitative estimate of drug-likeness (QED) is 0.423. The Labute approximate surface area is 164 Å². The summed E-state index contributed by atoms with van der Waals surface area (Å²) in [6.07, 6.45) is 0. The van der Waals surface area contributed by atoms with E-state index < -0.39 is 0 Å². The molecule has 2 N–H and O–H groups in total. The average molecular weight is 384 g/mol. The zero-order valence-electron chi connectivity index (χ0n) is 14.9. The molecule has 0 fully saturated rings. The van der Waals surface area contributed by atoms with Gasteiger partial charge in [-0.2, -0.15) is 0 Å². The molecule has 0 amide bonds. The van der Waals surface area contributed by atoms with Gasteiger partial charge in [0.1, 0.15) is 11.5 Å². The van der Waals surface area contributed by atoms with Crippen molar-refractivity contribution in [2.45, 2.75) is 0 Å². The van der Waals surface area contributed by atoms with Crippen molar-refractivity contribution in [1.82, 2.24) is 0 Å². The summed E-state index contributed by atoms with van der Waals surface area (Å²) in [6.45, 7) is 0. The Morgan fingerprint density at radius 2 is 1.11 bits per heavy atom. The molecule has 0 bridgehead atoms. The molecule has 4 rings (SSSR count). The van der Waals surface area contributed by atoms with Crippen molar-refractivity contribution in [3.63, 3.8) is 0 Å². The second-order valence-corrected chi connectivity index (χ2v) is 7.13. The fourth-order valence-corrected chi connectivity index (χ4v) is 3.58. The number of hydrogen-bond acceptors (Lipinski definition) is 3. The van der Waals surface area contributed by atoms with Crippen LogP contribution in [-0.2, 0) is 4.57 Å². The summed E-state index contributed by atoms with van der Waals surface area (Å²) in [7, 11) is -0.0144. The number of aromatic hydroxyl groups is 2. The minimum atomic E-state index is -0.0144. The summed E-state index contributed by atoms with van der Waals surface area (Å²) in [4.78, 5) is 0. The van der Waals surface area contributed by atoms with Gasteiger partial charge >= 0.3 is 0 Å². The van der Waals surface area contributed by atoms with Gasteiger partial charge in [0.2, 0.25) is 0 Å². The number of rotatable bonds is 4. The van der Waals surface area contributed by atoms with E-state index >= 15 is 0 Å². The lowest BCUT2D eigenvalue weighted by Crippen LogP contribution is -1.92. The molecule has 0 unspecified atom stereocenters. The van der Waals surface area contributed by atoms with E-state index in [0.29, 0.717) is 10.9 Å². The largest absolute Gasteiger partial charge is 0.507 e. The number of benzene rings is 4. The number of phenolic OH excluding ortho intramolecular Hbond substituents is 2. The van der Waals surface area contributed by atoms with E-state index in [9.17, 15) is 14.8 Å². The van der Waals surface area contributed by atoms with Crippen LogP contribution in [0.2, 0.25) is 0 Å². The minimum absolute atomic E-state index is 0.0144. The van der Waals surface area contributed by atoms with Crippen LogP contribution >= 0.6 is 8.46 Å². The smallest absolute Gasteiger partial charge is 0.192 e. The van der Waals surface area contributed by atoms with Gasteiger partial charge in [-0.1, -0.05) is 60.7 Å². The molecule has 0 aliphatic rings. The molecule has 4 aromatic rings. The van der Waals surface area contributed by atoms with E-state index in [4.69, 9.17) is 0 Å². The molecule has 0 atom stereocenters. The van der Waals surface area contributed by atoms with E-state index in [1.807, 2.05) is 66.7 Å². The lowest BCUT2D eigenvalue weighted by molar-refractivity contribution is 0.477. The predicted octanol–water partition coefficient (Wildman–Crippen LogP) is 6.02. The first kappa shape index (κ1) is 18.0. The van der Waals surface area contributed by atoms with E-state index in [-0.39, 0.29) is 20.0 Å². The third-order valence-corrected chi connectivity index (χ3v) is 5.22. The number of para-hydroxylation sites is 2. The standard InChI is InChI=1S/C24H17O3P/c25-23-7-3-1-5-20(23)17-11-14-19(16-9-12-18(28-27)13-10-16)22(15-17)21-6-2-4-8-24(21)26/h1-15,25-26H. The summed E-state index contributed by atoms with van der Waals surface area (Å²) in [5.41, 5.74) is 5.04. The maximum absolute atomic E-state index is 11.1. The predicted molar refractivity (Wildman–Crippen MR) is 113 cm³/mol. The highest BCUT2D eigenvalue weighted by atomic mass is 31.1. The SMILES string of the molecule is O=Pc1ccc(-c2ccc(-c3ccccc3O)cc2-c2ccccc2O)cc1. The molecule has 28 heavy (non-hydrogen) atoms. The van der Waals surface area contributed by atoms with Gasteiger partial charge in [-0.15, -0.1) is 0 Å². The van der Waals surface area contributed by atoms with Crippen molar-refractivity contribution in [2.24, 2.45) is 0 Å². The van der Waals surface area contributed by atoms with E-state index in [0.717, 1.165) is 27.8 Å². The number of hydrogen-bond donors (Lipinski definition) is 2. The Morgan fingerprint density at radius 3 is 1.71 bits per heavy atom. The lowest BCUT2D eigenvalue weighted by Gasteiger charge is -2.15. The first-order valence-corrected chi connectivity index (χ1v) is 9.63. The van der Waals surface area contributed by atoms with E-state index in [2.05, 4.69) is 0 Å². The van der Waals surface area contributed by atoms with Gasteiger partial charge < -0.3 is 10.2 Å². The van der Waals surface area contributed by atoms with E-state index in [1.54, 1.807) is 24.3 Å². The van der Waals surface area contributed by atoms with Crippen LogP contribution < -0.4 is 5.30 Å². The zero-order chi connectivity index (χ0) is 19.5. The van der Waals surface area contributed by atoms with Gasteiger partial charge in [-0.25, -0.2) is 0 Å². The average Bonchev–Trinajstić information content (AvgIpc) is 2.74. The van der Waals surface area contributed by atoms with Gasteiger partial charge in [0.15, 0.2) is 8.46 Å². The van der Waals surface area contributed by atoms with Gasteiger partial charge in [-0.3, -0.25) is 4.57 Å². The molecule has 0 saturated carbocycles. The van der Waals surface area contributed by atoms with Crippen molar-refractivity contribution in [1.29, 1.82) is 0 Å². The van der Waals surface area contributed by atoms with Crippen LogP contribution in [0, 0.1) is 0 Å². The maximum Gasteiger partial charge on any atom is 0.192 e. The molecule has 0 saturated heterocycles. The highest BCUT2D eigenvalue weighted by molar-refractivity contribution is 7.34. The molecule has 3 nitrogen and oxygen atoms in total. The first-order chi connectivity index (χ1) is 13.7. The summed E-state index contributed by atoms with van der Waals surface area (Å²) < 4.78 is 11.1. The van der Waals surface area contributed by atoms with Crippen LogP contribution in [0.15, 0.2) is 91.0 Å². The van der Waals surface area contributed by atoms with Crippen molar-refractivity contribution in [3.8, 4) is 44.9 Å². The van der Waals surface area contributed by atoms with Crippen LogP contribution in [0.4, 0.5) is 0 Å². The Balaban J connectivity index is 1.94. The van der Waals surface area contributed by atoms with Crippen LogP contribution in [0.25, 0.3) is 33.4 Å². The molecule has 0 radical (unpaired) electrons. The van der Waals surface area contributed by atoms with Crippen LogP contribution in [0.1, 0.15) is 0 Å². The number of phenols is 2. The summed E-state index contributed by atoms with van der Waals surface area (Å²) in [6, 6.07) is 27.7. The molecule has 136 valence electrons. The van der Waals surface area contributed by atoms with Crippen molar-refractivity contribution < 1.29 is 14.8 Å². The highest BCUT2D eigenvalue weighted by Crippen LogP contribution is 2.40. The molecular weight excluding hydrogens is 367 g/mol. The van der Waals surface area contributed by atoms with Crippen LogP contribution in [-0.4, -0.2) is 10.2 Å². The van der Waals surface area contributed by atoms with Gasteiger partial charge in [-0.05, 0) is 52.6 Å².